The summed E-state index contributed by atoms with van der Waals surface area (Å²) in [7, 11) is 3.40. The van der Waals surface area contributed by atoms with Crippen molar-refractivity contribution in [3.63, 3.8) is 0 Å². The fourth-order valence-electron chi connectivity index (χ4n) is 1.88. The molecule has 0 bridgehead atoms. The first-order chi connectivity index (χ1) is 8.09. The molecule has 1 amide bonds. The zero-order valence-electron chi connectivity index (χ0n) is 10.0. The van der Waals surface area contributed by atoms with E-state index in [1.165, 1.54) is 4.90 Å². The molecule has 0 aliphatic carbocycles. The van der Waals surface area contributed by atoms with Gasteiger partial charge in [0.1, 0.15) is 0 Å². The lowest BCUT2D eigenvalue weighted by molar-refractivity contribution is -0.128. The third kappa shape index (κ3) is 2.30. The minimum absolute atomic E-state index is 0.0286. The number of nitrogens with zero attached hydrogens (tertiary/aromatic N) is 2. The van der Waals surface area contributed by atoms with Crippen molar-refractivity contribution in [2.75, 3.05) is 26.0 Å². The van der Waals surface area contributed by atoms with Gasteiger partial charge in [-0.05, 0) is 12.8 Å². The number of anilines is 1. The van der Waals surface area contributed by atoms with Gasteiger partial charge in [0.15, 0.2) is 0 Å². The lowest BCUT2D eigenvalue weighted by Crippen LogP contribution is -2.29. The fourth-order valence-corrected chi connectivity index (χ4v) is 1.88. The van der Waals surface area contributed by atoms with Crippen molar-refractivity contribution in [1.29, 1.82) is 0 Å². The Morgan fingerprint density at radius 3 is 2.94 bits per heavy atom. The molecule has 2 heterocycles. The molecule has 2 rings (SSSR count). The van der Waals surface area contributed by atoms with Crippen LogP contribution in [0.4, 0.5) is 5.69 Å². The molecule has 0 atom stereocenters. The minimum Gasteiger partial charge on any atom is -0.383 e. The van der Waals surface area contributed by atoms with Crippen LogP contribution in [0.2, 0.25) is 0 Å². The molecule has 6 nitrogen and oxygen atoms in total. The van der Waals surface area contributed by atoms with Gasteiger partial charge in [-0.2, -0.15) is 5.10 Å². The number of H-pyrrole nitrogens is 1. The molecule has 1 aromatic heterocycles. The average molecular weight is 236 g/mol. The van der Waals surface area contributed by atoms with E-state index in [-0.39, 0.29) is 17.9 Å². The highest BCUT2D eigenvalue weighted by Gasteiger charge is 2.19. The summed E-state index contributed by atoms with van der Waals surface area (Å²) in [6.45, 7) is 0.821. The van der Waals surface area contributed by atoms with E-state index >= 15 is 0 Å². The van der Waals surface area contributed by atoms with Crippen molar-refractivity contribution in [3.05, 3.63) is 21.6 Å². The summed E-state index contributed by atoms with van der Waals surface area (Å²) < 4.78 is 0. The van der Waals surface area contributed by atoms with Crippen molar-refractivity contribution in [3.8, 4) is 0 Å². The molecule has 0 radical (unpaired) electrons. The SMILES string of the molecule is CN(C)C(=O)Cc1n[nH]c(=O)c2c1NCCC2. The van der Waals surface area contributed by atoms with Crippen LogP contribution in [0.15, 0.2) is 4.79 Å². The highest BCUT2D eigenvalue weighted by atomic mass is 16.2. The van der Waals surface area contributed by atoms with Gasteiger partial charge in [-0.3, -0.25) is 9.59 Å². The molecule has 1 aromatic rings. The highest BCUT2D eigenvalue weighted by Crippen LogP contribution is 2.21. The molecule has 1 aliphatic rings. The molecular weight excluding hydrogens is 220 g/mol. The first-order valence-electron chi connectivity index (χ1n) is 5.64. The van der Waals surface area contributed by atoms with Gasteiger partial charge in [0.05, 0.1) is 17.8 Å². The van der Waals surface area contributed by atoms with E-state index in [2.05, 4.69) is 15.5 Å². The van der Waals surface area contributed by atoms with Gasteiger partial charge in [-0.1, -0.05) is 0 Å². The summed E-state index contributed by atoms with van der Waals surface area (Å²) in [5.74, 6) is -0.0286. The van der Waals surface area contributed by atoms with E-state index in [9.17, 15) is 9.59 Å². The Labute approximate surface area is 99.0 Å². The molecule has 0 fully saturated rings. The zero-order valence-corrected chi connectivity index (χ0v) is 10.0. The smallest absolute Gasteiger partial charge is 0.269 e. The second kappa shape index (κ2) is 4.57. The topological polar surface area (TPSA) is 78.1 Å². The number of hydrogen-bond donors (Lipinski definition) is 2. The summed E-state index contributed by atoms with van der Waals surface area (Å²) in [5.41, 5.74) is 1.93. The number of carbonyl (C=O) groups is 1. The van der Waals surface area contributed by atoms with Crippen LogP contribution in [-0.4, -0.2) is 41.6 Å². The summed E-state index contributed by atoms with van der Waals surface area (Å²) >= 11 is 0. The summed E-state index contributed by atoms with van der Waals surface area (Å²) in [4.78, 5) is 24.7. The highest BCUT2D eigenvalue weighted by molar-refractivity contribution is 5.79. The molecule has 92 valence electrons. The van der Waals surface area contributed by atoms with Gasteiger partial charge in [0.25, 0.3) is 5.56 Å². The van der Waals surface area contributed by atoms with E-state index in [4.69, 9.17) is 0 Å². The number of nitrogens with one attached hydrogen (secondary N) is 2. The third-order valence-corrected chi connectivity index (χ3v) is 2.88. The summed E-state index contributed by atoms with van der Waals surface area (Å²) in [6.07, 6.45) is 1.88. The molecule has 0 aromatic carbocycles. The Morgan fingerprint density at radius 1 is 1.47 bits per heavy atom. The van der Waals surface area contributed by atoms with E-state index in [1.807, 2.05) is 0 Å². The lowest BCUT2D eigenvalue weighted by Gasteiger charge is -2.19. The molecule has 0 unspecified atom stereocenters. The third-order valence-electron chi connectivity index (χ3n) is 2.88. The Hall–Kier alpha value is -1.85. The van der Waals surface area contributed by atoms with Crippen molar-refractivity contribution < 1.29 is 4.79 Å². The second-order valence-electron chi connectivity index (χ2n) is 4.35. The Bertz CT molecular complexity index is 493. The van der Waals surface area contributed by atoms with Gasteiger partial charge < -0.3 is 10.2 Å². The number of amides is 1. The standard InChI is InChI=1S/C11H16N4O2/c1-15(2)9(16)6-8-10-7(4-3-5-12-10)11(17)14-13-8/h12H,3-6H2,1-2H3,(H,14,17). The average Bonchev–Trinajstić information content (AvgIpc) is 2.33. The first-order valence-corrected chi connectivity index (χ1v) is 5.64. The van der Waals surface area contributed by atoms with Gasteiger partial charge >= 0.3 is 0 Å². The van der Waals surface area contributed by atoms with Gasteiger partial charge in [-0.25, -0.2) is 5.10 Å². The molecule has 0 spiro atoms. The summed E-state index contributed by atoms with van der Waals surface area (Å²) in [5, 5.41) is 9.59. The summed E-state index contributed by atoms with van der Waals surface area (Å²) in [6, 6.07) is 0. The van der Waals surface area contributed by atoms with Crippen LogP contribution in [0.3, 0.4) is 0 Å². The van der Waals surface area contributed by atoms with Crippen LogP contribution in [0.1, 0.15) is 17.7 Å². The van der Waals surface area contributed by atoms with Crippen LogP contribution < -0.4 is 10.9 Å². The van der Waals surface area contributed by atoms with Gasteiger partial charge in [0, 0.05) is 26.2 Å². The van der Waals surface area contributed by atoms with Gasteiger partial charge in [-0.15, -0.1) is 0 Å². The second-order valence-corrected chi connectivity index (χ2v) is 4.35. The number of carbonyl (C=O) groups excluding carboxylic acids is 1. The molecule has 6 heteroatoms. The number of aromatic amines is 1. The van der Waals surface area contributed by atoms with Crippen molar-refractivity contribution in [1.82, 2.24) is 15.1 Å². The zero-order chi connectivity index (χ0) is 12.4. The van der Waals surface area contributed by atoms with Crippen LogP contribution in [0.5, 0.6) is 0 Å². The van der Waals surface area contributed by atoms with Crippen LogP contribution in [0.25, 0.3) is 0 Å². The first kappa shape index (κ1) is 11.6. The fraction of sp³-hybridized carbons (Fsp3) is 0.545. The van der Waals surface area contributed by atoms with E-state index in [0.29, 0.717) is 11.3 Å². The van der Waals surface area contributed by atoms with Gasteiger partial charge in [0.2, 0.25) is 5.91 Å². The van der Waals surface area contributed by atoms with Crippen LogP contribution in [0, 0.1) is 0 Å². The monoisotopic (exact) mass is 236 g/mol. The maximum atomic E-state index is 11.6. The number of rotatable bonds is 2. The Balaban J connectivity index is 2.35. The van der Waals surface area contributed by atoms with Crippen molar-refractivity contribution >= 4 is 11.6 Å². The number of likely N-dealkylation sites (N-methyl/N-ethyl adjacent to an activating group) is 1. The van der Waals surface area contributed by atoms with E-state index < -0.39 is 0 Å². The quantitative estimate of drug-likeness (QED) is 0.743. The predicted molar refractivity (Wildman–Crippen MR) is 64.1 cm³/mol. The maximum Gasteiger partial charge on any atom is 0.269 e. The van der Waals surface area contributed by atoms with Crippen LogP contribution >= 0.6 is 0 Å². The molecule has 17 heavy (non-hydrogen) atoms. The Kier molecular flexibility index (Phi) is 3.12. The molecular formula is C11H16N4O2. The maximum absolute atomic E-state index is 11.6. The van der Waals surface area contributed by atoms with Crippen molar-refractivity contribution in [2.24, 2.45) is 0 Å². The van der Waals surface area contributed by atoms with E-state index in [0.717, 1.165) is 25.1 Å². The molecule has 2 N–H and O–H groups in total. The minimum atomic E-state index is -0.159. The van der Waals surface area contributed by atoms with E-state index in [1.54, 1.807) is 14.1 Å². The normalized spacial score (nSPS) is 13.8. The Morgan fingerprint density at radius 2 is 2.24 bits per heavy atom. The van der Waals surface area contributed by atoms with Crippen molar-refractivity contribution in [2.45, 2.75) is 19.3 Å². The number of aromatic nitrogens is 2. The molecule has 0 saturated carbocycles. The molecule has 1 aliphatic heterocycles. The van der Waals surface area contributed by atoms with Crippen LogP contribution in [-0.2, 0) is 17.6 Å². The predicted octanol–water partition coefficient (Wildman–Crippen LogP) is -0.241. The number of fused-ring (bicyclic) bond motifs is 1. The number of hydrogen-bond acceptors (Lipinski definition) is 4. The largest absolute Gasteiger partial charge is 0.383 e. The lowest BCUT2D eigenvalue weighted by atomic mass is 10.0. The molecule has 0 saturated heterocycles.